The number of allylic oxidation sites excluding steroid dienone is 1. The predicted octanol–water partition coefficient (Wildman–Crippen LogP) is 1.22. The van der Waals surface area contributed by atoms with Gasteiger partial charge in [-0.2, -0.15) is 5.26 Å². The Hall–Kier alpha value is -0.950. The zero-order valence-electron chi connectivity index (χ0n) is 11.2. The van der Waals surface area contributed by atoms with E-state index in [-0.39, 0.29) is 20.6 Å². The summed E-state index contributed by atoms with van der Waals surface area (Å²) >= 11 is 0. The quantitative estimate of drug-likeness (QED) is 0.461. The van der Waals surface area contributed by atoms with E-state index in [9.17, 15) is 5.26 Å². The molecule has 0 aromatic carbocycles. The summed E-state index contributed by atoms with van der Waals surface area (Å²) in [6.45, 7) is 4.72. The SMILES string of the molecule is C=N/C=C(\NCCN)C1CC(CCPO)CC1C#N. The third kappa shape index (κ3) is 4.91. The summed E-state index contributed by atoms with van der Waals surface area (Å²) in [6, 6.07) is 2.40. The van der Waals surface area contributed by atoms with Gasteiger partial charge in [-0.1, -0.05) is 0 Å². The maximum Gasteiger partial charge on any atom is 0.0662 e. The number of aliphatic imine (C=N–C) groups is 1. The minimum absolute atomic E-state index is 0.00629. The number of nitrogens with zero attached hydrogens (tertiary/aromatic N) is 2. The van der Waals surface area contributed by atoms with E-state index in [0.29, 0.717) is 19.0 Å². The van der Waals surface area contributed by atoms with Crippen LogP contribution in [0.4, 0.5) is 0 Å². The van der Waals surface area contributed by atoms with Crippen molar-refractivity contribution >= 4 is 15.5 Å². The highest BCUT2D eigenvalue weighted by Crippen LogP contribution is 2.41. The molecule has 6 heteroatoms. The van der Waals surface area contributed by atoms with Gasteiger partial charge in [0.15, 0.2) is 0 Å². The monoisotopic (exact) mass is 282 g/mol. The lowest BCUT2D eigenvalue weighted by molar-refractivity contribution is 0.487. The average molecular weight is 282 g/mol. The topological polar surface area (TPSA) is 94.4 Å². The normalized spacial score (nSPS) is 27.6. The molecule has 106 valence electrons. The molecule has 1 saturated carbocycles. The summed E-state index contributed by atoms with van der Waals surface area (Å²) in [5, 5.41) is 12.6. The second kappa shape index (κ2) is 9.03. The van der Waals surface area contributed by atoms with E-state index in [4.69, 9.17) is 10.6 Å². The number of rotatable bonds is 8. The van der Waals surface area contributed by atoms with Crippen LogP contribution in [-0.4, -0.2) is 30.9 Å². The summed E-state index contributed by atoms with van der Waals surface area (Å²) in [7, 11) is 0.00629. The Kier molecular flexibility index (Phi) is 7.66. The van der Waals surface area contributed by atoms with E-state index in [1.807, 2.05) is 0 Å². The fourth-order valence-corrected chi connectivity index (χ4v) is 3.26. The smallest absolute Gasteiger partial charge is 0.0662 e. The number of hydrogen-bond donors (Lipinski definition) is 3. The molecule has 1 aliphatic rings. The number of hydrogen-bond acceptors (Lipinski definition) is 5. The minimum atomic E-state index is 0.00629. The van der Waals surface area contributed by atoms with Crippen molar-refractivity contribution < 1.29 is 4.89 Å². The van der Waals surface area contributed by atoms with E-state index in [1.54, 1.807) is 6.20 Å². The molecule has 4 N–H and O–H groups in total. The first-order chi connectivity index (χ1) is 9.26. The molecule has 0 radical (unpaired) electrons. The predicted molar refractivity (Wildman–Crippen MR) is 80.0 cm³/mol. The molecule has 1 fully saturated rings. The fourth-order valence-electron chi connectivity index (χ4n) is 2.72. The molecule has 0 spiro atoms. The van der Waals surface area contributed by atoms with Crippen molar-refractivity contribution in [3.8, 4) is 6.07 Å². The van der Waals surface area contributed by atoms with E-state index in [0.717, 1.165) is 31.1 Å². The van der Waals surface area contributed by atoms with Crippen molar-refractivity contribution in [2.75, 3.05) is 19.3 Å². The van der Waals surface area contributed by atoms with Crippen LogP contribution < -0.4 is 11.1 Å². The molecule has 4 atom stereocenters. The molecule has 0 aromatic heterocycles. The first-order valence-electron chi connectivity index (χ1n) is 6.63. The lowest BCUT2D eigenvalue weighted by Gasteiger charge is -2.19. The largest absolute Gasteiger partial charge is 0.386 e. The van der Waals surface area contributed by atoms with Gasteiger partial charge in [-0.3, -0.25) is 4.99 Å². The zero-order chi connectivity index (χ0) is 14.1. The van der Waals surface area contributed by atoms with Gasteiger partial charge in [0, 0.05) is 39.7 Å². The van der Waals surface area contributed by atoms with E-state index in [1.165, 1.54) is 0 Å². The Morgan fingerprint density at radius 1 is 1.63 bits per heavy atom. The van der Waals surface area contributed by atoms with Gasteiger partial charge in [-0.05, 0) is 38.1 Å². The lowest BCUT2D eigenvalue weighted by Crippen LogP contribution is -2.27. The molecule has 1 aliphatic carbocycles. The van der Waals surface area contributed by atoms with Gasteiger partial charge in [0.05, 0.1) is 12.0 Å². The molecular weight excluding hydrogens is 259 g/mol. The molecule has 5 nitrogen and oxygen atoms in total. The summed E-state index contributed by atoms with van der Waals surface area (Å²) < 4.78 is 0. The van der Waals surface area contributed by atoms with Crippen LogP contribution in [0.5, 0.6) is 0 Å². The Morgan fingerprint density at radius 2 is 2.42 bits per heavy atom. The fraction of sp³-hybridized carbons (Fsp3) is 0.692. The van der Waals surface area contributed by atoms with E-state index >= 15 is 0 Å². The first kappa shape index (κ1) is 16.1. The third-order valence-electron chi connectivity index (χ3n) is 3.59. The number of nitrogens with two attached hydrogens (primary N) is 1. The van der Waals surface area contributed by atoms with Crippen LogP contribution in [0, 0.1) is 29.1 Å². The molecule has 0 amide bonds. The molecular formula is C13H23N4OP. The molecule has 19 heavy (non-hydrogen) atoms. The maximum atomic E-state index is 9.30. The summed E-state index contributed by atoms with van der Waals surface area (Å²) in [5.41, 5.74) is 6.48. The molecule has 0 aliphatic heterocycles. The summed E-state index contributed by atoms with van der Waals surface area (Å²) in [5.74, 6) is 0.724. The van der Waals surface area contributed by atoms with Crippen molar-refractivity contribution in [1.82, 2.24) is 5.32 Å². The minimum Gasteiger partial charge on any atom is -0.386 e. The molecule has 1 rings (SSSR count). The first-order valence-corrected chi connectivity index (χ1v) is 7.78. The highest BCUT2D eigenvalue weighted by molar-refractivity contribution is 7.31. The van der Waals surface area contributed by atoms with Gasteiger partial charge in [0.2, 0.25) is 0 Å². The second-order valence-corrected chi connectivity index (χ2v) is 5.67. The van der Waals surface area contributed by atoms with E-state index < -0.39 is 0 Å². The standard InChI is InChI=1S/C13H23N4OP/c1-16-9-13(17-4-3-14)12-7-10(2-5-19-18)6-11(12)8-15/h9-12,17-19H,1-7,14H2/b13-9-. The maximum absolute atomic E-state index is 9.30. The molecule has 0 aromatic rings. The van der Waals surface area contributed by atoms with Gasteiger partial charge in [-0.25, -0.2) is 0 Å². The molecule has 0 bridgehead atoms. The van der Waals surface area contributed by atoms with Crippen LogP contribution >= 0.6 is 8.81 Å². The molecule has 0 saturated heterocycles. The Bertz CT molecular complexity index is 353. The van der Waals surface area contributed by atoms with Gasteiger partial charge >= 0.3 is 0 Å². The average Bonchev–Trinajstić information content (AvgIpc) is 2.84. The Morgan fingerprint density at radius 3 is 3.00 bits per heavy atom. The lowest BCUT2D eigenvalue weighted by atomic mass is 9.94. The second-order valence-electron chi connectivity index (χ2n) is 4.86. The Labute approximate surface area is 116 Å². The van der Waals surface area contributed by atoms with Crippen LogP contribution in [-0.2, 0) is 0 Å². The van der Waals surface area contributed by atoms with E-state index in [2.05, 4.69) is 23.1 Å². The van der Waals surface area contributed by atoms with Crippen LogP contribution in [0.2, 0.25) is 0 Å². The number of nitrogens with one attached hydrogen (secondary N) is 1. The van der Waals surface area contributed by atoms with Crippen molar-refractivity contribution in [3.05, 3.63) is 11.9 Å². The van der Waals surface area contributed by atoms with Crippen molar-refractivity contribution in [1.29, 1.82) is 5.26 Å². The third-order valence-corrected chi connectivity index (χ3v) is 4.11. The van der Waals surface area contributed by atoms with Gasteiger partial charge in [0.25, 0.3) is 0 Å². The highest BCUT2D eigenvalue weighted by Gasteiger charge is 2.36. The van der Waals surface area contributed by atoms with Crippen molar-refractivity contribution in [2.24, 2.45) is 28.5 Å². The Balaban J connectivity index is 2.69. The summed E-state index contributed by atoms with van der Waals surface area (Å²) in [4.78, 5) is 12.8. The molecule has 4 unspecified atom stereocenters. The van der Waals surface area contributed by atoms with Crippen LogP contribution in [0.3, 0.4) is 0 Å². The van der Waals surface area contributed by atoms with Crippen molar-refractivity contribution in [3.63, 3.8) is 0 Å². The van der Waals surface area contributed by atoms with Crippen LogP contribution in [0.25, 0.3) is 0 Å². The highest BCUT2D eigenvalue weighted by atomic mass is 31.1. The van der Waals surface area contributed by atoms with Crippen molar-refractivity contribution in [2.45, 2.75) is 19.3 Å². The van der Waals surface area contributed by atoms with Gasteiger partial charge < -0.3 is 15.9 Å². The molecule has 0 heterocycles. The van der Waals surface area contributed by atoms with Crippen LogP contribution in [0.15, 0.2) is 16.9 Å². The van der Waals surface area contributed by atoms with Crippen LogP contribution in [0.1, 0.15) is 19.3 Å². The van der Waals surface area contributed by atoms with Gasteiger partial charge in [0.1, 0.15) is 0 Å². The zero-order valence-corrected chi connectivity index (χ0v) is 12.2. The van der Waals surface area contributed by atoms with Gasteiger partial charge in [-0.15, -0.1) is 0 Å². The number of nitriles is 1. The summed E-state index contributed by atoms with van der Waals surface area (Å²) in [6.07, 6.45) is 5.42.